The number of likely N-dealkylation sites (tertiary alicyclic amines) is 1. The summed E-state index contributed by atoms with van der Waals surface area (Å²) in [5.41, 5.74) is 0. The van der Waals surface area contributed by atoms with E-state index in [4.69, 9.17) is 4.74 Å². The Morgan fingerprint density at radius 2 is 1.86 bits per heavy atom. The summed E-state index contributed by atoms with van der Waals surface area (Å²) in [5.74, 6) is 1.43. The molecule has 3 rings (SSSR count). The molecule has 4 heteroatoms. The molecule has 1 amide bonds. The lowest BCUT2D eigenvalue weighted by molar-refractivity contribution is -0.137. The quantitative estimate of drug-likeness (QED) is 0.850. The Morgan fingerprint density at radius 1 is 1.14 bits per heavy atom. The number of carbonyl (C=O) groups excluding carboxylic acids is 1. The van der Waals surface area contributed by atoms with Crippen LogP contribution in [0.5, 0.6) is 5.75 Å². The molecule has 1 unspecified atom stereocenters. The standard InChI is InChI=1S/C18H24FNO2/c19-16-7-9-17(10-8-16)22-13-14-4-3-11-20(12-14)18(21)15-5-1-2-6-15/h7-10,14-15H,1-6,11-13H2. The van der Waals surface area contributed by atoms with Gasteiger partial charge in [-0.3, -0.25) is 4.79 Å². The van der Waals surface area contributed by atoms with Gasteiger partial charge in [0.1, 0.15) is 11.6 Å². The molecule has 22 heavy (non-hydrogen) atoms. The molecule has 0 N–H and O–H groups in total. The third kappa shape index (κ3) is 3.79. The van der Waals surface area contributed by atoms with Gasteiger partial charge in [0.15, 0.2) is 0 Å². The van der Waals surface area contributed by atoms with Crippen LogP contribution in [-0.4, -0.2) is 30.5 Å². The summed E-state index contributed by atoms with van der Waals surface area (Å²) in [4.78, 5) is 14.5. The minimum atomic E-state index is -0.252. The predicted molar refractivity (Wildman–Crippen MR) is 83.2 cm³/mol. The number of ether oxygens (including phenoxy) is 1. The number of hydrogen-bond acceptors (Lipinski definition) is 2. The molecule has 1 saturated heterocycles. The largest absolute Gasteiger partial charge is 0.493 e. The predicted octanol–water partition coefficient (Wildman–Crippen LogP) is 3.63. The number of nitrogens with zero attached hydrogens (tertiary/aromatic N) is 1. The Hall–Kier alpha value is -1.58. The number of benzene rings is 1. The van der Waals surface area contributed by atoms with Crippen LogP contribution >= 0.6 is 0 Å². The summed E-state index contributed by atoms with van der Waals surface area (Å²) in [6.07, 6.45) is 6.66. The van der Waals surface area contributed by atoms with Crippen LogP contribution < -0.4 is 4.74 Å². The van der Waals surface area contributed by atoms with E-state index in [9.17, 15) is 9.18 Å². The molecule has 1 heterocycles. The number of carbonyl (C=O) groups is 1. The van der Waals surface area contributed by atoms with Gasteiger partial charge in [-0.2, -0.15) is 0 Å². The fraction of sp³-hybridized carbons (Fsp3) is 0.611. The highest BCUT2D eigenvalue weighted by Crippen LogP contribution is 2.28. The smallest absolute Gasteiger partial charge is 0.225 e. The molecule has 1 atom stereocenters. The fourth-order valence-corrected chi connectivity index (χ4v) is 3.58. The molecule has 1 aliphatic carbocycles. The number of rotatable bonds is 4. The molecule has 0 aromatic heterocycles. The van der Waals surface area contributed by atoms with Crippen molar-refractivity contribution in [3.63, 3.8) is 0 Å². The van der Waals surface area contributed by atoms with Gasteiger partial charge in [-0.1, -0.05) is 12.8 Å². The number of halogens is 1. The van der Waals surface area contributed by atoms with E-state index in [0.717, 1.165) is 38.8 Å². The topological polar surface area (TPSA) is 29.5 Å². The van der Waals surface area contributed by atoms with Gasteiger partial charge < -0.3 is 9.64 Å². The van der Waals surface area contributed by atoms with Gasteiger partial charge in [0, 0.05) is 24.9 Å². The SMILES string of the molecule is O=C(C1CCCC1)N1CCCC(COc2ccc(F)cc2)C1. The minimum absolute atomic E-state index is 0.252. The van der Waals surface area contributed by atoms with E-state index in [-0.39, 0.29) is 11.7 Å². The first-order chi connectivity index (χ1) is 10.7. The van der Waals surface area contributed by atoms with Crippen LogP contribution in [0.2, 0.25) is 0 Å². The molecule has 2 fully saturated rings. The third-order valence-corrected chi connectivity index (χ3v) is 4.83. The summed E-state index contributed by atoms with van der Waals surface area (Å²) < 4.78 is 18.6. The Balaban J connectivity index is 1.49. The van der Waals surface area contributed by atoms with Crippen molar-refractivity contribution in [3.05, 3.63) is 30.1 Å². The van der Waals surface area contributed by atoms with Gasteiger partial charge in [0.2, 0.25) is 5.91 Å². The van der Waals surface area contributed by atoms with Crippen molar-refractivity contribution >= 4 is 5.91 Å². The molecule has 0 spiro atoms. The highest BCUT2D eigenvalue weighted by molar-refractivity contribution is 5.79. The second kappa shape index (κ2) is 7.12. The van der Waals surface area contributed by atoms with E-state index in [1.807, 2.05) is 4.90 Å². The lowest BCUT2D eigenvalue weighted by Crippen LogP contribution is -2.43. The summed E-state index contributed by atoms with van der Waals surface area (Å²) >= 11 is 0. The number of piperidine rings is 1. The number of hydrogen-bond donors (Lipinski definition) is 0. The first kappa shape index (κ1) is 15.3. The zero-order chi connectivity index (χ0) is 15.4. The van der Waals surface area contributed by atoms with Crippen LogP contribution in [0.3, 0.4) is 0 Å². The van der Waals surface area contributed by atoms with Crippen LogP contribution in [0, 0.1) is 17.7 Å². The Morgan fingerprint density at radius 3 is 2.59 bits per heavy atom. The Bertz CT molecular complexity index is 496. The molecular weight excluding hydrogens is 281 g/mol. The van der Waals surface area contributed by atoms with Crippen LogP contribution in [0.15, 0.2) is 24.3 Å². The van der Waals surface area contributed by atoms with Gasteiger partial charge in [0.05, 0.1) is 6.61 Å². The molecule has 0 bridgehead atoms. The molecule has 2 aliphatic rings. The molecule has 1 aliphatic heterocycles. The first-order valence-corrected chi connectivity index (χ1v) is 8.39. The normalized spacial score (nSPS) is 22.8. The van der Waals surface area contributed by atoms with E-state index in [0.29, 0.717) is 24.2 Å². The maximum Gasteiger partial charge on any atom is 0.225 e. The second-order valence-electron chi connectivity index (χ2n) is 6.54. The van der Waals surface area contributed by atoms with Crippen LogP contribution in [-0.2, 0) is 4.79 Å². The molecule has 0 radical (unpaired) electrons. The summed E-state index contributed by atoms with van der Waals surface area (Å²) in [6.45, 7) is 2.29. The minimum Gasteiger partial charge on any atom is -0.493 e. The Kier molecular flexibility index (Phi) is 4.96. The zero-order valence-corrected chi connectivity index (χ0v) is 13.0. The first-order valence-electron chi connectivity index (χ1n) is 8.39. The summed E-state index contributed by atoms with van der Waals surface area (Å²) in [6, 6.07) is 6.12. The van der Waals surface area contributed by atoms with E-state index in [1.54, 1.807) is 12.1 Å². The van der Waals surface area contributed by atoms with Crippen molar-refractivity contribution in [3.8, 4) is 5.75 Å². The van der Waals surface area contributed by atoms with Crippen molar-refractivity contribution in [2.75, 3.05) is 19.7 Å². The average Bonchev–Trinajstić information content (AvgIpc) is 3.08. The molecule has 3 nitrogen and oxygen atoms in total. The number of amides is 1. The van der Waals surface area contributed by atoms with E-state index in [2.05, 4.69) is 0 Å². The van der Waals surface area contributed by atoms with Gasteiger partial charge >= 0.3 is 0 Å². The van der Waals surface area contributed by atoms with Crippen molar-refractivity contribution in [2.45, 2.75) is 38.5 Å². The monoisotopic (exact) mass is 305 g/mol. The van der Waals surface area contributed by atoms with Gasteiger partial charge in [0.25, 0.3) is 0 Å². The van der Waals surface area contributed by atoms with Crippen LogP contribution in [0.1, 0.15) is 38.5 Å². The average molecular weight is 305 g/mol. The molecule has 1 aromatic rings. The van der Waals surface area contributed by atoms with Crippen molar-refractivity contribution < 1.29 is 13.9 Å². The van der Waals surface area contributed by atoms with Gasteiger partial charge in [-0.25, -0.2) is 4.39 Å². The lowest BCUT2D eigenvalue weighted by atomic mass is 9.97. The lowest BCUT2D eigenvalue weighted by Gasteiger charge is -2.34. The molecule has 120 valence electrons. The maximum atomic E-state index is 12.9. The third-order valence-electron chi connectivity index (χ3n) is 4.83. The van der Waals surface area contributed by atoms with E-state index in [1.165, 1.54) is 25.0 Å². The van der Waals surface area contributed by atoms with Crippen LogP contribution in [0.4, 0.5) is 4.39 Å². The van der Waals surface area contributed by atoms with Crippen LogP contribution in [0.25, 0.3) is 0 Å². The highest BCUT2D eigenvalue weighted by atomic mass is 19.1. The summed E-state index contributed by atoms with van der Waals surface area (Å²) in [5, 5.41) is 0. The van der Waals surface area contributed by atoms with Gasteiger partial charge in [-0.05, 0) is 49.9 Å². The zero-order valence-electron chi connectivity index (χ0n) is 13.0. The van der Waals surface area contributed by atoms with Crippen molar-refractivity contribution in [1.82, 2.24) is 4.90 Å². The van der Waals surface area contributed by atoms with Crippen molar-refractivity contribution in [1.29, 1.82) is 0 Å². The summed E-state index contributed by atoms with van der Waals surface area (Å²) in [7, 11) is 0. The maximum absolute atomic E-state index is 12.9. The molecular formula is C18H24FNO2. The van der Waals surface area contributed by atoms with E-state index < -0.39 is 0 Å². The Labute approximate surface area is 131 Å². The van der Waals surface area contributed by atoms with Gasteiger partial charge in [-0.15, -0.1) is 0 Å². The molecule has 1 aromatic carbocycles. The molecule has 1 saturated carbocycles. The highest BCUT2D eigenvalue weighted by Gasteiger charge is 2.30. The second-order valence-corrected chi connectivity index (χ2v) is 6.54. The fourth-order valence-electron chi connectivity index (χ4n) is 3.58. The van der Waals surface area contributed by atoms with E-state index >= 15 is 0 Å². The van der Waals surface area contributed by atoms with Crippen molar-refractivity contribution in [2.24, 2.45) is 11.8 Å².